The molecule has 1 aliphatic rings. The van der Waals surface area contributed by atoms with Gasteiger partial charge in [-0.25, -0.2) is 4.79 Å². The third-order valence-electron chi connectivity index (χ3n) is 5.85. The summed E-state index contributed by atoms with van der Waals surface area (Å²) in [7, 11) is 3.95. The number of esters is 1. The van der Waals surface area contributed by atoms with Crippen LogP contribution in [0.25, 0.3) is 6.08 Å². The lowest BCUT2D eigenvalue weighted by atomic mass is 10.1. The Morgan fingerprint density at radius 1 is 1.12 bits per heavy atom. The second-order valence-electron chi connectivity index (χ2n) is 8.36. The number of allylic oxidation sites excluding steroid dienone is 1. The maximum Gasteiger partial charge on any atom is 0.338 e. The zero-order chi connectivity index (χ0) is 24.5. The lowest BCUT2D eigenvalue weighted by Crippen LogP contribution is -2.51. The van der Waals surface area contributed by atoms with Crippen molar-refractivity contribution in [3.05, 3.63) is 76.9 Å². The first-order valence-corrected chi connectivity index (χ1v) is 11.4. The molecule has 0 heterocycles. The number of likely N-dealkylation sites (N-methyl/N-ethyl adjacent to an activating group) is 2. The lowest BCUT2D eigenvalue weighted by Gasteiger charge is -2.24. The standard InChI is InChI=1S/C28H30N2O4/c1-29-26(31)25(28(33)34-3)30(2)27(32)24-18-16-21(17-19-24)7-5-4-6-20-8-10-22(11-9-20)12-13-23-14-15-23/h4,6,8-11,16-19,23,25H,12-15H2,1-3H3,(H,29,31)/b6-4+. The fraction of sp³-hybridized carbons (Fsp3) is 0.321. The van der Waals surface area contributed by atoms with Crippen LogP contribution in [0.2, 0.25) is 0 Å². The van der Waals surface area contributed by atoms with Crippen molar-refractivity contribution in [2.24, 2.45) is 5.92 Å². The Labute approximate surface area is 201 Å². The topological polar surface area (TPSA) is 75.7 Å². The highest BCUT2D eigenvalue weighted by atomic mass is 16.5. The molecule has 0 radical (unpaired) electrons. The van der Waals surface area contributed by atoms with Gasteiger partial charge < -0.3 is 15.0 Å². The number of carbonyl (C=O) groups excluding carboxylic acids is 3. The monoisotopic (exact) mass is 458 g/mol. The minimum atomic E-state index is -1.36. The van der Waals surface area contributed by atoms with E-state index in [0.29, 0.717) is 5.56 Å². The maximum atomic E-state index is 12.7. The summed E-state index contributed by atoms with van der Waals surface area (Å²) in [5, 5.41) is 2.37. The van der Waals surface area contributed by atoms with Crippen LogP contribution in [0.3, 0.4) is 0 Å². The van der Waals surface area contributed by atoms with Gasteiger partial charge in [-0.1, -0.05) is 48.9 Å². The largest absolute Gasteiger partial charge is 0.467 e. The van der Waals surface area contributed by atoms with E-state index in [0.717, 1.165) is 28.4 Å². The number of hydrogen-bond acceptors (Lipinski definition) is 4. The van der Waals surface area contributed by atoms with Gasteiger partial charge in [0.05, 0.1) is 7.11 Å². The van der Waals surface area contributed by atoms with E-state index in [-0.39, 0.29) is 0 Å². The van der Waals surface area contributed by atoms with Gasteiger partial charge in [0.25, 0.3) is 11.8 Å². The Kier molecular flexibility index (Phi) is 8.64. The summed E-state index contributed by atoms with van der Waals surface area (Å²) in [6, 6.07) is 13.9. The second-order valence-corrected chi connectivity index (χ2v) is 8.36. The van der Waals surface area contributed by atoms with Gasteiger partial charge in [0.15, 0.2) is 0 Å². The van der Waals surface area contributed by atoms with Crippen molar-refractivity contribution in [2.45, 2.75) is 31.7 Å². The summed E-state index contributed by atoms with van der Waals surface area (Å²) in [6.07, 6.45) is 9.00. The first-order chi connectivity index (χ1) is 16.4. The highest BCUT2D eigenvalue weighted by Crippen LogP contribution is 2.33. The molecule has 0 aromatic heterocycles. The first kappa shape index (κ1) is 24.8. The van der Waals surface area contributed by atoms with Crippen molar-refractivity contribution in [2.75, 3.05) is 21.2 Å². The van der Waals surface area contributed by atoms with Gasteiger partial charge in [-0.3, -0.25) is 9.59 Å². The fourth-order valence-corrected chi connectivity index (χ4v) is 3.54. The van der Waals surface area contributed by atoms with Gasteiger partial charge in [-0.05, 0) is 66.3 Å². The normalized spacial score (nSPS) is 13.5. The van der Waals surface area contributed by atoms with Crippen LogP contribution in [0.5, 0.6) is 0 Å². The van der Waals surface area contributed by atoms with E-state index in [1.54, 1.807) is 30.3 Å². The molecule has 1 fully saturated rings. The molecule has 34 heavy (non-hydrogen) atoms. The van der Waals surface area contributed by atoms with E-state index in [4.69, 9.17) is 0 Å². The van der Waals surface area contributed by atoms with E-state index in [9.17, 15) is 14.4 Å². The summed E-state index contributed by atoms with van der Waals surface area (Å²) in [6.45, 7) is 0. The molecule has 1 saturated carbocycles. The summed E-state index contributed by atoms with van der Waals surface area (Å²) >= 11 is 0. The highest BCUT2D eigenvalue weighted by Gasteiger charge is 2.34. The Hall–Kier alpha value is -3.85. The van der Waals surface area contributed by atoms with Gasteiger partial charge in [-0.2, -0.15) is 0 Å². The number of rotatable bonds is 8. The predicted octanol–water partition coefficient (Wildman–Crippen LogP) is 3.45. The molecule has 1 N–H and O–H groups in total. The smallest absolute Gasteiger partial charge is 0.338 e. The van der Waals surface area contributed by atoms with E-state index >= 15 is 0 Å². The zero-order valence-corrected chi connectivity index (χ0v) is 19.8. The number of methoxy groups -OCH3 is 1. The van der Waals surface area contributed by atoms with Crippen LogP contribution < -0.4 is 5.32 Å². The van der Waals surface area contributed by atoms with Gasteiger partial charge in [0.1, 0.15) is 0 Å². The average molecular weight is 459 g/mol. The molecule has 0 saturated heterocycles. The van der Waals surface area contributed by atoms with Crippen molar-refractivity contribution in [3.8, 4) is 11.8 Å². The number of hydrogen-bond donors (Lipinski definition) is 1. The molecule has 0 aliphatic heterocycles. The molecule has 2 aromatic carbocycles. The van der Waals surface area contributed by atoms with Crippen LogP contribution in [-0.2, 0) is 20.7 Å². The minimum Gasteiger partial charge on any atom is -0.467 e. The summed E-state index contributed by atoms with van der Waals surface area (Å²) in [5.41, 5.74) is 3.56. The van der Waals surface area contributed by atoms with Gasteiger partial charge >= 0.3 is 5.97 Å². The van der Waals surface area contributed by atoms with Gasteiger partial charge in [0.2, 0.25) is 6.04 Å². The molecule has 1 atom stereocenters. The highest BCUT2D eigenvalue weighted by molar-refractivity contribution is 6.07. The summed E-state index contributed by atoms with van der Waals surface area (Å²) in [5.74, 6) is 5.09. The average Bonchev–Trinajstić information content (AvgIpc) is 3.70. The van der Waals surface area contributed by atoms with Crippen molar-refractivity contribution < 1.29 is 19.1 Å². The molecule has 6 heteroatoms. The molecule has 3 rings (SSSR count). The third-order valence-corrected chi connectivity index (χ3v) is 5.85. The summed E-state index contributed by atoms with van der Waals surface area (Å²) < 4.78 is 4.66. The molecule has 6 nitrogen and oxygen atoms in total. The Balaban J connectivity index is 1.58. The SMILES string of the molecule is CNC(=O)C(C(=O)OC)N(C)C(=O)c1ccc(C#C/C=C/c2ccc(CCC3CC3)cc2)cc1. The van der Waals surface area contributed by atoms with Crippen LogP contribution in [0.1, 0.15) is 46.3 Å². The van der Waals surface area contributed by atoms with Crippen LogP contribution in [0.4, 0.5) is 0 Å². The Bertz CT molecular complexity index is 1090. The molecular weight excluding hydrogens is 428 g/mol. The van der Waals surface area contributed by atoms with Crippen molar-refractivity contribution >= 4 is 23.9 Å². The predicted molar refractivity (Wildman–Crippen MR) is 132 cm³/mol. The number of aryl methyl sites for hydroxylation is 1. The van der Waals surface area contributed by atoms with Crippen LogP contribution in [-0.4, -0.2) is 49.9 Å². The van der Waals surface area contributed by atoms with Crippen molar-refractivity contribution in [1.82, 2.24) is 10.2 Å². The Morgan fingerprint density at radius 3 is 2.38 bits per heavy atom. The number of nitrogens with one attached hydrogen (secondary N) is 1. The number of nitrogens with zero attached hydrogens (tertiary/aromatic N) is 1. The van der Waals surface area contributed by atoms with E-state index in [2.05, 4.69) is 46.2 Å². The van der Waals surface area contributed by atoms with Crippen molar-refractivity contribution in [1.29, 1.82) is 0 Å². The molecule has 1 aliphatic carbocycles. The minimum absolute atomic E-state index is 0.336. The quantitative estimate of drug-likeness (QED) is 0.374. The lowest BCUT2D eigenvalue weighted by molar-refractivity contribution is -0.150. The van der Waals surface area contributed by atoms with Gasteiger partial charge in [0, 0.05) is 25.2 Å². The molecule has 1 unspecified atom stereocenters. The molecule has 0 spiro atoms. The number of benzene rings is 2. The number of ether oxygens (including phenoxy) is 1. The first-order valence-electron chi connectivity index (χ1n) is 11.4. The Morgan fingerprint density at radius 2 is 1.79 bits per heavy atom. The molecular formula is C28H30N2O4. The maximum absolute atomic E-state index is 12.7. The van der Waals surface area contributed by atoms with Gasteiger partial charge in [-0.15, -0.1) is 0 Å². The third kappa shape index (κ3) is 6.82. The molecule has 0 bridgehead atoms. The van der Waals surface area contributed by atoms with Crippen LogP contribution in [0, 0.1) is 17.8 Å². The zero-order valence-electron chi connectivity index (χ0n) is 19.8. The molecule has 2 aromatic rings. The number of amides is 2. The second kappa shape index (κ2) is 11.9. The molecule has 176 valence electrons. The van der Waals surface area contributed by atoms with Crippen molar-refractivity contribution in [3.63, 3.8) is 0 Å². The van der Waals surface area contributed by atoms with E-state index < -0.39 is 23.8 Å². The molecule has 2 amide bonds. The summed E-state index contributed by atoms with van der Waals surface area (Å²) in [4.78, 5) is 37.8. The van der Waals surface area contributed by atoms with E-state index in [1.165, 1.54) is 46.0 Å². The fourth-order valence-electron chi connectivity index (χ4n) is 3.54. The van der Waals surface area contributed by atoms with Crippen LogP contribution in [0.15, 0.2) is 54.6 Å². The number of carbonyl (C=O) groups is 3. The van der Waals surface area contributed by atoms with Crippen LogP contribution >= 0.6 is 0 Å². The van der Waals surface area contributed by atoms with E-state index in [1.807, 2.05) is 6.08 Å².